The minimum atomic E-state index is -1.11. The zero-order valence-corrected chi connectivity index (χ0v) is 15.8. The molecule has 0 fully saturated rings. The van der Waals surface area contributed by atoms with E-state index in [1.54, 1.807) is 30.3 Å². The van der Waals surface area contributed by atoms with Gasteiger partial charge in [0.25, 0.3) is 5.56 Å². The number of carboxylic acid groups (broad SMARTS) is 1. The molecule has 8 nitrogen and oxygen atoms in total. The van der Waals surface area contributed by atoms with Crippen LogP contribution < -0.4 is 5.56 Å². The molecule has 148 valence electrons. The third kappa shape index (κ3) is 2.94. The molecule has 0 atom stereocenters. The summed E-state index contributed by atoms with van der Waals surface area (Å²) in [6.45, 7) is 0. The number of aromatic nitrogens is 2. The molecule has 0 spiro atoms. The van der Waals surface area contributed by atoms with Crippen molar-refractivity contribution in [2.45, 2.75) is 0 Å². The fraction of sp³-hybridized carbons (Fsp3) is 0. The van der Waals surface area contributed by atoms with E-state index in [2.05, 4.69) is 4.98 Å². The Kier molecular flexibility index (Phi) is 4.45. The molecule has 0 saturated heterocycles. The Balaban J connectivity index is 1.87. The first-order chi connectivity index (χ1) is 14.3. The topological polar surface area (TPSA) is 139 Å². The fourth-order valence-electron chi connectivity index (χ4n) is 3.27. The summed E-state index contributed by atoms with van der Waals surface area (Å²) in [5.74, 6) is -1.68. The van der Waals surface area contributed by atoms with Crippen molar-refractivity contribution in [3.63, 3.8) is 0 Å². The van der Waals surface area contributed by atoms with Crippen molar-refractivity contribution in [1.82, 2.24) is 9.55 Å². The molecule has 0 radical (unpaired) electrons. The van der Waals surface area contributed by atoms with Gasteiger partial charge in [-0.1, -0.05) is 23.7 Å². The summed E-state index contributed by atoms with van der Waals surface area (Å²) in [5, 5.41) is 39.0. The van der Waals surface area contributed by atoms with Crippen LogP contribution in [0, 0.1) is 11.3 Å². The van der Waals surface area contributed by atoms with Crippen molar-refractivity contribution in [3.05, 3.63) is 75.2 Å². The third-order valence-electron chi connectivity index (χ3n) is 4.68. The number of hydrogen-bond acceptors (Lipinski definition) is 5. The van der Waals surface area contributed by atoms with Gasteiger partial charge in [-0.25, -0.2) is 4.79 Å². The van der Waals surface area contributed by atoms with Gasteiger partial charge in [0.2, 0.25) is 0 Å². The van der Waals surface area contributed by atoms with Gasteiger partial charge in [0.05, 0.1) is 11.1 Å². The van der Waals surface area contributed by atoms with Gasteiger partial charge in [-0.15, -0.1) is 0 Å². The standard InChI is InChI=1S/C21H12ClN3O5/c22-17-8-15-18(19(27)14(9-23)20(28)24-15)25(17)12-4-1-10(2-5-12)13-7-11(21(29)30)3-6-16(13)26/h1-8,26H,(H,29,30)(H2,24,27,28). The summed E-state index contributed by atoms with van der Waals surface area (Å²) >= 11 is 6.30. The number of nitriles is 1. The maximum absolute atomic E-state index is 11.9. The molecular weight excluding hydrogens is 410 g/mol. The molecule has 0 aliphatic heterocycles. The first-order valence-corrected chi connectivity index (χ1v) is 8.93. The van der Waals surface area contributed by atoms with E-state index in [4.69, 9.17) is 22.0 Å². The summed E-state index contributed by atoms with van der Waals surface area (Å²) in [5.41, 5.74) is 0.720. The highest BCUT2D eigenvalue weighted by Gasteiger charge is 2.19. The lowest BCUT2D eigenvalue weighted by Crippen LogP contribution is -2.10. The maximum atomic E-state index is 11.9. The number of benzene rings is 2. The van der Waals surface area contributed by atoms with Crippen molar-refractivity contribution in [2.24, 2.45) is 0 Å². The average Bonchev–Trinajstić information content (AvgIpc) is 3.04. The highest BCUT2D eigenvalue weighted by Crippen LogP contribution is 2.35. The number of H-pyrrole nitrogens is 1. The number of nitrogens with one attached hydrogen (secondary N) is 1. The predicted molar refractivity (Wildman–Crippen MR) is 109 cm³/mol. The second-order valence-corrected chi connectivity index (χ2v) is 6.83. The number of halogens is 1. The molecule has 0 aliphatic carbocycles. The van der Waals surface area contributed by atoms with Gasteiger partial charge in [-0.3, -0.25) is 9.36 Å². The Morgan fingerprint density at radius 1 is 1.10 bits per heavy atom. The highest BCUT2D eigenvalue weighted by atomic mass is 35.5. The second kappa shape index (κ2) is 6.99. The lowest BCUT2D eigenvalue weighted by molar-refractivity contribution is 0.0697. The van der Waals surface area contributed by atoms with Crippen LogP contribution >= 0.6 is 11.6 Å². The van der Waals surface area contributed by atoms with Gasteiger partial charge in [0, 0.05) is 11.3 Å². The summed E-state index contributed by atoms with van der Waals surface area (Å²) in [4.78, 5) is 25.6. The van der Waals surface area contributed by atoms with Crippen LogP contribution in [0.5, 0.6) is 11.5 Å². The molecule has 0 amide bonds. The molecule has 2 aromatic carbocycles. The first kappa shape index (κ1) is 19.1. The Labute approximate surface area is 173 Å². The second-order valence-electron chi connectivity index (χ2n) is 6.44. The quantitative estimate of drug-likeness (QED) is 0.398. The zero-order valence-electron chi connectivity index (χ0n) is 15.0. The monoisotopic (exact) mass is 421 g/mol. The summed E-state index contributed by atoms with van der Waals surface area (Å²) in [7, 11) is 0. The molecular formula is C21H12ClN3O5. The SMILES string of the molecule is N#Cc1c(O)c2c(cc(Cl)n2-c2ccc(-c3cc(C(=O)O)ccc3O)cc2)[nH]c1=O. The molecule has 0 saturated carbocycles. The third-order valence-corrected chi connectivity index (χ3v) is 4.96. The zero-order chi connectivity index (χ0) is 21.6. The van der Waals surface area contributed by atoms with E-state index >= 15 is 0 Å². The van der Waals surface area contributed by atoms with Crippen LogP contribution in [0.15, 0.2) is 53.3 Å². The number of rotatable bonds is 3. The van der Waals surface area contributed by atoms with Gasteiger partial charge in [0.1, 0.15) is 22.5 Å². The molecule has 30 heavy (non-hydrogen) atoms. The van der Waals surface area contributed by atoms with Crippen LogP contribution in [0.2, 0.25) is 5.15 Å². The number of carbonyl (C=O) groups is 1. The molecule has 9 heteroatoms. The fourth-order valence-corrected chi connectivity index (χ4v) is 3.56. The number of carboxylic acids is 1. The van der Waals surface area contributed by atoms with E-state index in [9.17, 15) is 19.8 Å². The van der Waals surface area contributed by atoms with Crippen molar-refractivity contribution in [2.75, 3.05) is 0 Å². The van der Waals surface area contributed by atoms with Crippen LogP contribution in [-0.2, 0) is 0 Å². The van der Waals surface area contributed by atoms with E-state index in [1.807, 2.05) is 0 Å². The van der Waals surface area contributed by atoms with Crippen LogP contribution in [0.4, 0.5) is 0 Å². The van der Waals surface area contributed by atoms with E-state index in [0.29, 0.717) is 16.8 Å². The molecule has 4 N–H and O–H groups in total. The van der Waals surface area contributed by atoms with Crippen molar-refractivity contribution < 1.29 is 20.1 Å². The molecule has 4 rings (SSSR count). The average molecular weight is 422 g/mol. The summed E-state index contributed by atoms with van der Waals surface area (Å²) in [6.07, 6.45) is 0. The van der Waals surface area contributed by atoms with E-state index in [1.165, 1.54) is 28.8 Å². The number of aromatic carboxylic acids is 1. The smallest absolute Gasteiger partial charge is 0.335 e. The first-order valence-electron chi connectivity index (χ1n) is 8.55. The molecule has 0 bridgehead atoms. The Hall–Kier alpha value is -4.22. The molecule has 2 aromatic heterocycles. The van der Waals surface area contributed by atoms with Crippen LogP contribution in [0.1, 0.15) is 15.9 Å². The lowest BCUT2D eigenvalue weighted by atomic mass is 10.0. The van der Waals surface area contributed by atoms with E-state index in [-0.39, 0.29) is 27.5 Å². The Morgan fingerprint density at radius 2 is 1.80 bits per heavy atom. The number of phenolic OH excluding ortho intramolecular Hbond substituents is 1. The minimum absolute atomic E-state index is 0.0317. The van der Waals surface area contributed by atoms with Gasteiger partial charge < -0.3 is 20.3 Å². The number of hydrogen-bond donors (Lipinski definition) is 4. The van der Waals surface area contributed by atoms with Gasteiger partial charge in [-0.2, -0.15) is 5.26 Å². The Bertz CT molecular complexity index is 1430. The van der Waals surface area contributed by atoms with Gasteiger partial charge in [-0.05, 0) is 42.0 Å². The van der Waals surface area contributed by atoms with Crippen molar-refractivity contribution >= 4 is 28.6 Å². The Morgan fingerprint density at radius 3 is 2.43 bits per heavy atom. The number of fused-ring (bicyclic) bond motifs is 1. The van der Waals surface area contributed by atoms with Crippen LogP contribution in [0.3, 0.4) is 0 Å². The number of nitrogens with zero attached hydrogens (tertiary/aromatic N) is 2. The predicted octanol–water partition coefficient (Wildman–Crippen LogP) is 3.62. The highest BCUT2D eigenvalue weighted by molar-refractivity contribution is 6.31. The number of pyridine rings is 1. The molecule has 2 heterocycles. The largest absolute Gasteiger partial charge is 0.507 e. The lowest BCUT2D eigenvalue weighted by Gasteiger charge is -2.11. The minimum Gasteiger partial charge on any atom is -0.507 e. The molecule has 0 aliphatic rings. The van der Waals surface area contributed by atoms with Gasteiger partial charge in [0.15, 0.2) is 11.3 Å². The normalized spacial score (nSPS) is 10.8. The van der Waals surface area contributed by atoms with Crippen molar-refractivity contribution in [3.8, 4) is 34.4 Å². The molecule has 0 unspecified atom stereocenters. The van der Waals surface area contributed by atoms with Crippen molar-refractivity contribution in [1.29, 1.82) is 5.26 Å². The van der Waals surface area contributed by atoms with Crippen LogP contribution in [-0.4, -0.2) is 30.8 Å². The number of phenols is 1. The van der Waals surface area contributed by atoms with Gasteiger partial charge >= 0.3 is 5.97 Å². The molecule has 4 aromatic rings. The van der Waals surface area contributed by atoms with E-state index in [0.717, 1.165) is 0 Å². The summed E-state index contributed by atoms with van der Waals surface area (Å²) in [6, 6.07) is 13.7. The number of aromatic amines is 1. The number of aromatic hydroxyl groups is 2. The van der Waals surface area contributed by atoms with E-state index < -0.39 is 22.8 Å². The maximum Gasteiger partial charge on any atom is 0.335 e. The van der Waals surface area contributed by atoms with Crippen LogP contribution in [0.25, 0.3) is 27.8 Å². The summed E-state index contributed by atoms with van der Waals surface area (Å²) < 4.78 is 1.46.